The maximum atomic E-state index is 13.2. The number of nitrogens with one attached hydrogen (secondary N) is 3. The van der Waals surface area contributed by atoms with Gasteiger partial charge in [-0.05, 0) is 47.9 Å². The fraction of sp³-hybridized carbons (Fsp3) is 0.348. The Labute approximate surface area is 186 Å². The van der Waals surface area contributed by atoms with E-state index in [-0.39, 0.29) is 43.1 Å². The van der Waals surface area contributed by atoms with Gasteiger partial charge in [0.05, 0.1) is 6.42 Å². The molecular weight excluding hydrogens is 421 g/mol. The molecule has 0 saturated carbocycles. The first-order chi connectivity index (χ1) is 14.8. The van der Waals surface area contributed by atoms with Crippen molar-refractivity contribution in [3.05, 3.63) is 70.5 Å². The van der Waals surface area contributed by atoms with Crippen LogP contribution in [0, 0.1) is 11.7 Å². The quantitative estimate of drug-likeness (QED) is 0.489. The van der Waals surface area contributed by atoms with Gasteiger partial charge in [0.2, 0.25) is 11.8 Å². The van der Waals surface area contributed by atoms with Crippen LogP contribution in [0.3, 0.4) is 0 Å². The van der Waals surface area contributed by atoms with Gasteiger partial charge in [0.1, 0.15) is 11.9 Å². The van der Waals surface area contributed by atoms with Gasteiger partial charge in [-0.1, -0.05) is 44.0 Å². The van der Waals surface area contributed by atoms with Crippen molar-refractivity contribution >= 4 is 29.3 Å². The molecule has 2 aromatic rings. The van der Waals surface area contributed by atoms with Crippen LogP contribution in [0.15, 0.2) is 48.5 Å². The van der Waals surface area contributed by atoms with Crippen LogP contribution in [0.25, 0.3) is 0 Å². The molecule has 6 nitrogen and oxygen atoms in total. The lowest BCUT2D eigenvalue weighted by Gasteiger charge is -2.23. The Bertz CT molecular complexity index is 905. The number of hydrogen-bond acceptors (Lipinski definition) is 3. The maximum absolute atomic E-state index is 13.2. The van der Waals surface area contributed by atoms with Crippen LogP contribution in [0.5, 0.6) is 0 Å². The van der Waals surface area contributed by atoms with Crippen LogP contribution in [-0.2, 0) is 16.0 Å². The van der Waals surface area contributed by atoms with E-state index in [2.05, 4.69) is 16.0 Å². The summed E-state index contributed by atoms with van der Waals surface area (Å²) in [7, 11) is 0. The highest BCUT2D eigenvalue weighted by molar-refractivity contribution is 6.30. The minimum Gasteiger partial charge on any atom is -0.354 e. The zero-order chi connectivity index (χ0) is 22.8. The van der Waals surface area contributed by atoms with Gasteiger partial charge in [0.25, 0.3) is 5.91 Å². The summed E-state index contributed by atoms with van der Waals surface area (Å²) in [5, 5.41) is 8.72. The molecule has 2 rings (SSSR count). The summed E-state index contributed by atoms with van der Waals surface area (Å²) in [6, 6.07) is 11.5. The SMILES string of the molecule is CCC(C)C(NC(=O)c1ccc(Cl)cc1)C(=O)NCCNC(=O)Cc1cccc(F)c1. The second-order valence-electron chi connectivity index (χ2n) is 7.29. The summed E-state index contributed by atoms with van der Waals surface area (Å²) in [4.78, 5) is 37.1. The van der Waals surface area contributed by atoms with E-state index in [1.54, 1.807) is 36.4 Å². The molecule has 3 N–H and O–H groups in total. The molecule has 0 fully saturated rings. The van der Waals surface area contributed by atoms with E-state index in [9.17, 15) is 18.8 Å². The zero-order valence-corrected chi connectivity index (χ0v) is 18.3. The summed E-state index contributed by atoms with van der Waals surface area (Å²) in [5.74, 6) is -1.43. The van der Waals surface area contributed by atoms with Crippen LogP contribution in [0.2, 0.25) is 5.02 Å². The van der Waals surface area contributed by atoms with Gasteiger partial charge in [0.15, 0.2) is 0 Å². The van der Waals surface area contributed by atoms with Gasteiger partial charge in [-0.15, -0.1) is 0 Å². The molecular formula is C23H27ClFN3O3. The third kappa shape index (κ3) is 8.02. The second kappa shape index (κ2) is 12.1. The van der Waals surface area contributed by atoms with E-state index in [1.807, 2.05) is 13.8 Å². The summed E-state index contributed by atoms with van der Waals surface area (Å²) in [6.45, 7) is 4.24. The van der Waals surface area contributed by atoms with E-state index in [0.29, 0.717) is 22.6 Å². The van der Waals surface area contributed by atoms with E-state index in [0.717, 1.165) is 0 Å². The van der Waals surface area contributed by atoms with Crippen molar-refractivity contribution in [1.82, 2.24) is 16.0 Å². The first-order valence-electron chi connectivity index (χ1n) is 10.2. The lowest BCUT2D eigenvalue weighted by atomic mass is 9.98. The highest BCUT2D eigenvalue weighted by Gasteiger charge is 2.26. The molecule has 166 valence electrons. The molecule has 0 aliphatic rings. The molecule has 0 radical (unpaired) electrons. The highest BCUT2D eigenvalue weighted by atomic mass is 35.5. The van der Waals surface area contributed by atoms with Crippen LogP contribution in [0.4, 0.5) is 4.39 Å². The van der Waals surface area contributed by atoms with Gasteiger partial charge in [0, 0.05) is 23.7 Å². The zero-order valence-electron chi connectivity index (χ0n) is 17.6. The summed E-state index contributed by atoms with van der Waals surface area (Å²) in [6.07, 6.45) is 0.752. The summed E-state index contributed by atoms with van der Waals surface area (Å²) < 4.78 is 13.2. The van der Waals surface area contributed by atoms with Crippen molar-refractivity contribution in [1.29, 1.82) is 0 Å². The molecule has 0 aromatic heterocycles. The number of benzene rings is 2. The Morgan fingerprint density at radius 2 is 1.71 bits per heavy atom. The minimum atomic E-state index is -0.712. The highest BCUT2D eigenvalue weighted by Crippen LogP contribution is 2.12. The average molecular weight is 448 g/mol. The smallest absolute Gasteiger partial charge is 0.251 e. The predicted octanol–water partition coefficient (Wildman–Crippen LogP) is 3.10. The third-order valence-electron chi connectivity index (χ3n) is 4.89. The summed E-state index contributed by atoms with van der Waals surface area (Å²) >= 11 is 5.85. The van der Waals surface area contributed by atoms with Crippen molar-refractivity contribution in [3.63, 3.8) is 0 Å². The lowest BCUT2D eigenvalue weighted by Crippen LogP contribution is -2.51. The third-order valence-corrected chi connectivity index (χ3v) is 5.14. The van der Waals surface area contributed by atoms with E-state index >= 15 is 0 Å². The minimum absolute atomic E-state index is 0.0539. The fourth-order valence-corrected chi connectivity index (χ4v) is 3.05. The molecule has 0 bridgehead atoms. The fourth-order valence-electron chi connectivity index (χ4n) is 2.92. The molecule has 3 amide bonds. The molecule has 2 aromatic carbocycles. The number of rotatable bonds is 10. The predicted molar refractivity (Wildman–Crippen MR) is 118 cm³/mol. The molecule has 0 aliphatic carbocycles. The van der Waals surface area contributed by atoms with Crippen LogP contribution in [-0.4, -0.2) is 36.9 Å². The van der Waals surface area contributed by atoms with E-state index < -0.39 is 11.9 Å². The largest absolute Gasteiger partial charge is 0.354 e. The van der Waals surface area contributed by atoms with Crippen molar-refractivity contribution < 1.29 is 18.8 Å². The van der Waals surface area contributed by atoms with Gasteiger partial charge in [-0.3, -0.25) is 14.4 Å². The molecule has 0 saturated heterocycles. The Morgan fingerprint density at radius 1 is 1.03 bits per heavy atom. The molecule has 2 unspecified atom stereocenters. The van der Waals surface area contributed by atoms with Gasteiger partial charge < -0.3 is 16.0 Å². The Hall–Kier alpha value is -2.93. The first-order valence-corrected chi connectivity index (χ1v) is 10.5. The van der Waals surface area contributed by atoms with Crippen molar-refractivity contribution in [3.8, 4) is 0 Å². The molecule has 31 heavy (non-hydrogen) atoms. The number of carbonyl (C=O) groups excluding carboxylic acids is 3. The number of carbonyl (C=O) groups is 3. The monoisotopic (exact) mass is 447 g/mol. The Morgan fingerprint density at radius 3 is 2.35 bits per heavy atom. The second-order valence-corrected chi connectivity index (χ2v) is 7.73. The van der Waals surface area contributed by atoms with Gasteiger partial charge in [-0.2, -0.15) is 0 Å². The molecule has 8 heteroatoms. The maximum Gasteiger partial charge on any atom is 0.251 e. The summed E-state index contributed by atoms with van der Waals surface area (Å²) in [5.41, 5.74) is 0.985. The molecule has 2 atom stereocenters. The van der Waals surface area contributed by atoms with Gasteiger partial charge in [-0.25, -0.2) is 4.39 Å². The van der Waals surface area contributed by atoms with Crippen molar-refractivity contribution in [2.75, 3.05) is 13.1 Å². The van der Waals surface area contributed by atoms with Crippen molar-refractivity contribution in [2.24, 2.45) is 5.92 Å². The molecule has 0 spiro atoms. The lowest BCUT2D eigenvalue weighted by molar-refractivity contribution is -0.124. The molecule has 0 aliphatic heterocycles. The average Bonchev–Trinajstić information content (AvgIpc) is 2.74. The first kappa shape index (κ1) is 24.3. The van der Waals surface area contributed by atoms with Crippen LogP contribution in [0.1, 0.15) is 36.2 Å². The number of hydrogen-bond donors (Lipinski definition) is 3. The topological polar surface area (TPSA) is 87.3 Å². The van der Waals surface area contributed by atoms with Crippen LogP contribution < -0.4 is 16.0 Å². The van der Waals surface area contributed by atoms with E-state index in [4.69, 9.17) is 11.6 Å². The normalized spacial score (nSPS) is 12.5. The standard InChI is InChI=1S/C23H27ClFN3O3/c1-3-15(2)21(28-22(30)17-7-9-18(24)10-8-17)23(31)27-12-11-26-20(29)14-16-5-4-6-19(25)13-16/h4-10,13,15,21H,3,11-12,14H2,1-2H3,(H,26,29)(H,27,31)(H,28,30). The number of amides is 3. The van der Waals surface area contributed by atoms with Crippen LogP contribution >= 0.6 is 11.6 Å². The van der Waals surface area contributed by atoms with Gasteiger partial charge >= 0.3 is 0 Å². The van der Waals surface area contributed by atoms with E-state index in [1.165, 1.54) is 12.1 Å². The molecule has 0 heterocycles. The van der Waals surface area contributed by atoms with Crippen molar-refractivity contribution in [2.45, 2.75) is 32.7 Å². The Kier molecular flexibility index (Phi) is 9.46. The Balaban J connectivity index is 1.82. The number of halogens is 2.